The number of aromatic nitrogens is 2. The number of benzene rings is 1. The number of amides is 1. The van der Waals surface area contributed by atoms with Crippen molar-refractivity contribution in [3.05, 3.63) is 46.5 Å². The number of rotatable bonds is 3. The van der Waals surface area contributed by atoms with Crippen LogP contribution >= 0.6 is 28.1 Å². The van der Waals surface area contributed by atoms with E-state index in [1.807, 2.05) is 0 Å². The van der Waals surface area contributed by atoms with Crippen LogP contribution in [0.25, 0.3) is 0 Å². The zero-order valence-electron chi connectivity index (χ0n) is 10.1. The van der Waals surface area contributed by atoms with Gasteiger partial charge in [-0.05, 0) is 34.1 Å². The van der Waals surface area contributed by atoms with Crippen molar-refractivity contribution in [2.75, 3.05) is 5.32 Å². The van der Waals surface area contributed by atoms with Crippen molar-refractivity contribution in [3.8, 4) is 0 Å². The topological polar surface area (TPSA) is 72.9 Å². The summed E-state index contributed by atoms with van der Waals surface area (Å²) in [6.07, 6.45) is 3.21. The van der Waals surface area contributed by atoms with E-state index in [9.17, 15) is 4.79 Å². The maximum Gasteiger partial charge on any atom is 0.275 e. The molecule has 98 valence electrons. The number of nitrogens with two attached hydrogens (primary N) is 1. The Morgan fingerprint density at radius 1 is 1.53 bits per heavy atom. The van der Waals surface area contributed by atoms with Gasteiger partial charge in [0.15, 0.2) is 0 Å². The SMILES string of the molecule is Cn1cnc(C(=O)Nc2ccc(C(N)=S)cc2Br)c1. The molecule has 0 saturated heterocycles. The van der Waals surface area contributed by atoms with Gasteiger partial charge in [-0.25, -0.2) is 4.98 Å². The molecule has 0 radical (unpaired) electrons. The number of carbonyl (C=O) groups is 1. The fourth-order valence-electron chi connectivity index (χ4n) is 1.49. The number of imidazole rings is 1. The van der Waals surface area contributed by atoms with E-state index in [1.165, 1.54) is 0 Å². The van der Waals surface area contributed by atoms with Crippen LogP contribution in [0.4, 0.5) is 5.69 Å². The number of nitrogens with one attached hydrogen (secondary N) is 1. The van der Waals surface area contributed by atoms with Crippen LogP contribution in [0.3, 0.4) is 0 Å². The molecule has 1 aromatic carbocycles. The summed E-state index contributed by atoms with van der Waals surface area (Å²) >= 11 is 8.26. The lowest BCUT2D eigenvalue weighted by molar-refractivity contribution is 0.102. The van der Waals surface area contributed by atoms with Gasteiger partial charge in [-0.3, -0.25) is 4.79 Å². The molecule has 0 fully saturated rings. The molecule has 2 rings (SSSR count). The Morgan fingerprint density at radius 2 is 2.26 bits per heavy atom. The molecule has 0 aliphatic heterocycles. The van der Waals surface area contributed by atoms with Gasteiger partial charge in [0, 0.05) is 23.3 Å². The van der Waals surface area contributed by atoms with Crippen molar-refractivity contribution in [1.82, 2.24) is 9.55 Å². The summed E-state index contributed by atoms with van der Waals surface area (Å²) in [5, 5.41) is 2.76. The molecule has 0 spiro atoms. The fraction of sp³-hybridized carbons (Fsp3) is 0.0833. The van der Waals surface area contributed by atoms with Crippen molar-refractivity contribution in [2.24, 2.45) is 12.8 Å². The fourth-order valence-corrected chi connectivity index (χ4v) is 2.09. The molecule has 3 N–H and O–H groups in total. The molecule has 0 saturated carbocycles. The van der Waals surface area contributed by atoms with E-state index in [4.69, 9.17) is 18.0 Å². The normalized spacial score (nSPS) is 10.2. The summed E-state index contributed by atoms with van der Waals surface area (Å²) in [7, 11) is 1.80. The molecule has 5 nitrogen and oxygen atoms in total. The van der Waals surface area contributed by atoms with Gasteiger partial charge in [0.05, 0.1) is 12.0 Å². The van der Waals surface area contributed by atoms with Gasteiger partial charge in [0.25, 0.3) is 5.91 Å². The summed E-state index contributed by atoms with van der Waals surface area (Å²) in [6.45, 7) is 0. The molecule has 0 aliphatic carbocycles. The molecule has 1 heterocycles. The highest BCUT2D eigenvalue weighted by Crippen LogP contribution is 2.24. The number of hydrogen-bond acceptors (Lipinski definition) is 3. The minimum atomic E-state index is -0.274. The molecular weight excluding hydrogens is 328 g/mol. The predicted octanol–water partition coefficient (Wildman–Crippen LogP) is 2.07. The second kappa shape index (κ2) is 5.50. The number of hydrogen-bond donors (Lipinski definition) is 2. The first-order valence-corrected chi connectivity index (χ1v) is 6.56. The van der Waals surface area contributed by atoms with E-state index >= 15 is 0 Å². The molecular formula is C12H11BrN4OS. The van der Waals surface area contributed by atoms with E-state index in [2.05, 4.69) is 26.2 Å². The van der Waals surface area contributed by atoms with Crippen LogP contribution in [-0.4, -0.2) is 20.4 Å². The predicted molar refractivity (Wildman–Crippen MR) is 81.2 cm³/mol. The van der Waals surface area contributed by atoms with Crippen molar-refractivity contribution < 1.29 is 4.79 Å². The monoisotopic (exact) mass is 338 g/mol. The number of anilines is 1. The Kier molecular flexibility index (Phi) is 3.96. The van der Waals surface area contributed by atoms with Gasteiger partial charge in [-0.2, -0.15) is 0 Å². The van der Waals surface area contributed by atoms with Crippen LogP contribution in [0.15, 0.2) is 35.2 Å². The van der Waals surface area contributed by atoms with Gasteiger partial charge >= 0.3 is 0 Å². The average Bonchev–Trinajstić information content (AvgIpc) is 2.78. The molecule has 0 atom stereocenters. The third-order valence-corrected chi connectivity index (χ3v) is 3.33. The lowest BCUT2D eigenvalue weighted by Gasteiger charge is -2.07. The molecule has 2 aromatic rings. The van der Waals surface area contributed by atoms with Gasteiger partial charge < -0.3 is 15.6 Å². The molecule has 0 unspecified atom stereocenters. The minimum Gasteiger partial charge on any atom is -0.389 e. The van der Waals surface area contributed by atoms with Crippen LogP contribution in [0.5, 0.6) is 0 Å². The Morgan fingerprint density at radius 3 is 2.79 bits per heavy atom. The van der Waals surface area contributed by atoms with Gasteiger partial charge in [0.2, 0.25) is 0 Å². The van der Waals surface area contributed by atoms with Gasteiger partial charge in [-0.15, -0.1) is 0 Å². The highest BCUT2D eigenvalue weighted by atomic mass is 79.9. The molecule has 0 aliphatic rings. The van der Waals surface area contributed by atoms with Crippen molar-refractivity contribution >= 4 is 44.7 Å². The summed E-state index contributed by atoms with van der Waals surface area (Å²) in [4.78, 5) is 16.2. The van der Waals surface area contributed by atoms with E-state index in [0.717, 1.165) is 5.56 Å². The number of aryl methyl sites for hydroxylation is 1. The van der Waals surface area contributed by atoms with Crippen LogP contribution in [0.2, 0.25) is 0 Å². The quantitative estimate of drug-likeness (QED) is 0.840. The summed E-state index contributed by atoms with van der Waals surface area (Å²) in [5.74, 6) is -0.274. The standard InChI is InChI=1S/C12H11BrN4OS/c1-17-5-10(15-6-17)12(18)16-9-3-2-7(11(14)19)4-8(9)13/h2-6H,1H3,(H2,14,19)(H,16,18). The lowest BCUT2D eigenvalue weighted by atomic mass is 10.2. The molecule has 1 aromatic heterocycles. The van der Waals surface area contributed by atoms with Gasteiger partial charge in [0.1, 0.15) is 10.7 Å². The smallest absolute Gasteiger partial charge is 0.275 e. The lowest BCUT2D eigenvalue weighted by Crippen LogP contribution is -2.14. The zero-order valence-corrected chi connectivity index (χ0v) is 12.5. The van der Waals surface area contributed by atoms with Crippen LogP contribution in [-0.2, 0) is 7.05 Å². The first kappa shape index (κ1) is 13.7. The Hall–Kier alpha value is -1.73. The van der Waals surface area contributed by atoms with Crippen LogP contribution in [0, 0.1) is 0 Å². The average molecular weight is 339 g/mol. The van der Waals surface area contributed by atoms with Crippen molar-refractivity contribution in [3.63, 3.8) is 0 Å². The second-order valence-electron chi connectivity index (χ2n) is 3.94. The second-order valence-corrected chi connectivity index (χ2v) is 5.23. The number of nitrogens with zero attached hydrogens (tertiary/aromatic N) is 2. The number of thiocarbonyl (C=S) groups is 1. The maximum atomic E-state index is 11.9. The molecule has 1 amide bonds. The Labute approximate surface area is 123 Å². The summed E-state index contributed by atoms with van der Waals surface area (Å²) in [5.41, 5.74) is 7.26. The van der Waals surface area contributed by atoms with Crippen LogP contribution in [0.1, 0.15) is 16.1 Å². The maximum absolute atomic E-state index is 11.9. The van der Waals surface area contributed by atoms with E-state index in [-0.39, 0.29) is 5.91 Å². The van der Waals surface area contributed by atoms with E-state index < -0.39 is 0 Å². The van der Waals surface area contributed by atoms with Crippen molar-refractivity contribution in [1.29, 1.82) is 0 Å². The summed E-state index contributed by atoms with van der Waals surface area (Å²) in [6, 6.07) is 5.25. The largest absolute Gasteiger partial charge is 0.389 e. The summed E-state index contributed by atoms with van der Waals surface area (Å²) < 4.78 is 2.42. The molecule has 19 heavy (non-hydrogen) atoms. The highest BCUT2D eigenvalue weighted by molar-refractivity contribution is 9.10. The number of halogens is 1. The Balaban J connectivity index is 2.20. The minimum absolute atomic E-state index is 0.274. The Bertz CT molecular complexity index is 653. The van der Waals surface area contributed by atoms with E-state index in [0.29, 0.717) is 20.8 Å². The zero-order chi connectivity index (χ0) is 14.0. The third kappa shape index (κ3) is 3.18. The third-order valence-electron chi connectivity index (χ3n) is 2.44. The molecule has 7 heteroatoms. The first-order valence-electron chi connectivity index (χ1n) is 5.36. The van der Waals surface area contributed by atoms with Crippen LogP contribution < -0.4 is 11.1 Å². The highest BCUT2D eigenvalue weighted by Gasteiger charge is 2.11. The van der Waals surface area contributed by atoms with Gasteiger partial charge in [-0.1, -0.05) is 12.2 Å². The van der Waals surface area contributed by atoms with E-state index in [1.54, 1.807) is 42.3 Å². The number of carbonyl (C=O) groups excluding carboxylic acids is 1. The first-order chi connectivity index (χ1) is 8.97. The molecule has 0 bridgehead atoms. The van der Waals surface area contributed by atoms with Crippen molar-refractivity contribution in [2.45, 2.75) is 0 Å².